The van der Waals surface area contributed by atoms with E-state index in [-0.39, 0.29) is 32.3 Å². The van der Waals surface area contributed by atoms with Crippen molar-refractivity contribution in [1.29, 1.82) is 0 Å². The minimum Gasteiger partial charge on any atom is -0.188 e. The highest BCUT2D eigenvalue weighted by molar-refractivity contribution is 8.00. The second-order valence-electron chi connectivity index (χ2n) is 5.60. The normalized spacial score (nSPS) is 13.1. The Morgan fingerprint density at radius 1 is 0.889 bits per heavy atom. The van der Waals surface area contributed by atoms with Crippen LogP contribution < -0.4 is 0 Å². The van der Waals surface area contributed by atoms with Crippen molar-refractivity contribution in [3.8, 4) is 11.1 Å². The molecule has 2 aromatic rings. The van der Waals surface area contributed by atoms with E-state index in [1.807, 2.05) is 0 Å². The number of hydrogen-bond donors (Lipinski definition) is 0. The smallest absolute Gasteiger partial charge is 0.188 e. The SMILES string of the molecule is Cc1[c]c(C)c(-c2c(Cl)cccc2Cl)c(SC(F)(F)C(F)(F)C(F)(F)F)c1. The van der Waals surface area contributed by atoms with E-state index in [0.717, 1.165) is 6.07 Å². The van der Waals surface area contributed by atoms with Gasteiger partial charge in [0.25, 0.3) is 0 Å². The Balaban J connectivity index is 2.69. The molecule has 0 fully saturated rings. The van der Waals surface area contributed by atoms with Crippen LogP contribution >= 0.6 is 35.0 Å². The monoisotopic (exact) mass is 449 g/mol. The molecule has 147 valence electrons. The van der Waals surface area contributed by atoms with Crippen molar-refractivity contribution in [2.45, 2.75) is 36.1 Å². The first kappa shape index (κ1) is 22.2. The van der Waals surface area contributed by atoms with E-state index in [1.165, 1.54) is 32.0 Å². The van der Waals surface area contributed by atoms with Crippen LogP contribution in [0.15, 0.2) is 29.2 Å². The maximum Gasteiger partial charge on any atom is 0.460 e. The van der Waals surface area contributed by atoms with Gasteiger partial charge in [-0.05, 0) is 61.0 Å². The summed E-state index contributed by atoms with van der Waals surface area (Å²) in [7, 11) is 0. The number of benzene rings is 2. The lowest BCUT2D eigenvalue weighted by Gasteiger charge is -2.28. The minimum absolute atomic E-state index is 0.0237. The van der Waals surface area contributed by atoms with Crippen molar-refractivity contribution in [3.05, 3.63) is 51.5 Å². The molecule has 0 saturated carbocycles. The maximum absolute atomic E-state index is 14.0. The summed E-state index contributed by atoms with van der Waals surface area (Å²) in [5, 5.41) is -5.42. The first-order chi connectivity index (χ1) is 12.2. The summed E-state index contributed by atoms with van der Waals surface area (Å²) < 4.78 is 91.9. The van der Waals surface area contributed by atoms with E-state index >= 15 is 0 Å². The van der Waals surface area contributed by atoms with Gasteiger partial charge in [0.15, 0.2) is 0 Å². The first-order valence-electron chi connectivity index (χ1n) is 7.18. The topological polar surface area (TPSA) is 0 Å². The van der Waals surface area contributed by atoms with E-state index in [9.17, 15) is 30.7 Å². The molecule has 0 aliphatic heterocycles. The Morgan fingerprint density at radius 3 is 1.89 bits per heavy atom. The molecule has 0 aromatic heterocycles. The zero-order chi connectivity index (χ0) is 20.8. The molecule has 0 saturated heterocycles. The van der Waals surface area contributed by atoms with E-state index in [2.05, 4.69) is 6.07 Å². The second-order valence-corrected chi connectivity index (χ2v) is 7.58. The number of thioether (sulfide) groups is 1. The lowest BCUT2D eigenvalue weighted by molar-refractivity contribution is -0.330. The predicted molar refractivity (Wildman–Crippen MR) is 92.0 cm³/mol. The highest BCUT2D eigenvalue weighted by Gasteiger charge is 2.73. The average Bonchev–Trinajstić information content (AvgIpc) is 2.47. The standard InChI is InChI=1S/C17H10Cl2F7S/c1-8-6-9(2)13(14-10(18)4-3-5-11(14)19)12(7-8)27-17(25,26)15(20,21)16(22,23)24/h3-5,7H,1-2H3. The fourth-order valence-electron chi connectivity index (χ4n) is 2.34. The molecule has 0 aliphatic rings. The molecule has 0 nitrogen and oxygen atoms in total. The molecular formula is C17H10Cl2F7S. The molecule has 0 N–H and O–H groups in total. The van der Waals surface area contributed by atoms with Gasteiger partial charge < -0.3 is 0 Å². The average molecular weight is 450 g/mol. The highest BCUT2D eigenvalue weighted by atomic mass is 35.5. The van der Waals surface area contributed by atoms with E-state index < -0.39 is 34.0 Å². The van der Waals surface area contributed by atoms with Gasteiger partial charge in [-0.25, -0.2) is 0 Å². The van der Waals surface area contributed by atoms with Crippen molar-refractivity contribution in [2.24, 2.45) is 0 Å². The van der Waals surface area contributed by atoms with Gasteiger partial charge in [-0.15, -0.1) is 0 Å². The third kappa shape index (κ3) is 4.17. The molecule has 0 atom stereocenters. The number of alkyl halides is 7. The summed E-state index contributed by atoms with van der Waals surface area (Å²) in [5.41, 5.74) is 0.453. The number of aryl methyl sites for hydroxylation is 2. The minimum atomic E-state index is -6.42. The van der Waals surface area contributed by atoms with Gasteiger partial charge in [0.1, 0.15) is 0 Å². The van der Waals surface area contributed by atoms with Gasteiger partial charge in [-0.1, -0.05) is 29.3 Å². The Morgan fingerprint density at radius 2 is 1.41 bits per heavy atom. The highest BCUT2D eigenvalue weighted by Crippen LogP contribution is 2.56. The fraction of sp³-hybridized carbons (Fsp3) is 0.294. The third-order valence-electron chi connectivity index (χ3n) is 3.53. The molecule has 2 rings (SSSR count). The van der Waals surface area contributed by atoms with Crippen LogP contribution in [0.3, 0.4) is 0 Å². The van der Waals surface area contributed by atoms with Gasteiger partial charge in [0.05, 0.1) is 0 Å². The Labute approximate surface area is 164 Å². The van der Waals surface area contributed by atoms with Crippen molar-refractivity contribution in [1.82, 2.24) is 0 Å². The Hall–Kier alpha value is -1.12. The van der Waals surface area contributed by atoms with E-state index in [0.29, 0.717) is 0 Å². The van der Waals surface area contributed by atoms with Crippen molar-refractivity contribution >= 4 is 35.0 Å². The summed E-state index contributed by atoms with van der Waals surface area (Å²) in [5.74, 6) is -6.24. The molecule has 0 heterocycles. The lowest BCUT2D eigenvalue weighted by atomic mass is 9.98. The van der Waals surface area contributed by atoms with Crippen molar-refractivity contribution in [2.75, 3.05) is 0 Å². The fourth-order valence-corrected chi connectivity index (χ4v) is 4.04. The first-order valence-corrected chi connectivity index (χ1v) is 8.75. The van der Waals surface area contributed by atoms with Crippen molar-refractivity contribution < 1.29 is 30.7 Å². The summed E-state index contributed by atoms with van der Waals surface area (Å²) in [6, 6.07) is 8.08. The second kappa shape index (κ2) is 7.37. The van der Waals surface area contributed by atoms with Crippen LogP contribution in [0.5, 0.6) is 0 Å². The van der Waals surface area contributed by atoms with E-state index in [4.69, 9.17) is 23.2 Å². The summed E-state index contributed by atoms with van der Waals surface area (Å²) >= 11 is 11.2. The molecule has 1 radical (unpaired) electrons. The number of hydrogen-bond acceptors (Lipinski definition) is 1. The Bertz CT molecular complexity index is 843. The van der Waals surface area contributed by atoms with Crippen LogP contribution in [0, 0.1) is 19.9 Å². The molecule has 0 bridgehead atoms. The molecule has 27 heavy (non-hydrogen) atoms. The molecule has 2 aromatic carbocycles. The zero-order valence-electron chi connectivity index (χ0n) is 13.6. The third-order valence-corrected chi connectivity index (χ3v) is 5.21. The molecule has 0 spiro atoms. The largest absolute Gasteiger partial charge is 0.460 e. The van der Waals surface area contributed by atoms with E-state index in [1.54, 1.807) is 0 Å². The van der Waals surface area contributed by atoms with Gasteiger partial charge in [-0.3, -0.25) is 0 Å². The Kier molecular flexibility index (Phi) is 6.05. The molecule has 0 amide bonds. The van der Waals surface area contributed by atoms with Gasteiger partial charge in [0, 0.05) is 26.1 Å². The van der Waals surface area contributed by atoms with Gasteiger partial charge >= 0.3 is 17.4 Å². The van der Waals surface area contributed by atoms with Crippen molar-refractivity contribution in [3.63, 3.8) is 0 Å². The van der Waals surface area contributed by atoms with Crippen LogP contribution in [-0.4, -0.2) is 17.4 Å². The summed E-state index contributed by atoms with van der Waals surface area (Å²) in [6.07, 6.45) is -6.42. The lowest BCUT2D eigenvalue weighted by Crippen LogP contribution is -2.49. The number of rotatable bonds is 4. The van der Waals surface area contributed by atoms with Crippen LogP contribution in [-0.2, 0) is 0 Å². The number of halogens is 9. The van der Waals surface area contributed by atoms with Crippen LogP contribution in [0.2, 0.25) is 10.0 Å². The van der Waals surface area contributed by atoms with Crippen LogP contribution in [0.25, 0.3) is 11.1 Å². The molecule has 10 heteroatoms. The molecule has 0 unspecified atom stereocenters. The molecule has 0 aliphatic carbocycles. The quantitative estimate of drug-likeness (QED) is 0.337. The summed E-state index contributed by atoms with van der Waals surface area (Å²) in [6.45, 7) is 2.88. The van der Waals surface area contributed by atoms with Crippen LogP contribution in [0.1, 0.15) is 11.1 Å². The summed E-state index contributed by atoms with van der Waals surface area (Å²) in [4.78, 5) is -0.521. The van der Waals surface area contributed by atoms with Gasteiger partial charge in [-0.2, -0.15) is 30.7 Å². The predicted octanol–water partition coefficient (Wildman–Crippen LogP) is 7.96. The maximum atomic E-state index is 14.0. The molecular weight excluding hydrogens is 440 g/mol. The zero-order valence-corrected chi connectivity index (χ0v) is 15.9. The van der Waals surface area contributed by atoms with Crippen LogP contribution in [0.4, 0.5) is 30.7 Å². The van der Waals surface area contributed by atoms with Gasteiger partial charge in [0.2, 0.25) is 0 Å².